The molecule has 0 saturated carbocycles. The Morgan fingerprint density at radius 1 is 1.57 bits per heavy atom. The monoisotopic (exact) mass is 196 g/mol. The van der Waals surface area contributed by atoms with Crippen LogP contribution in [0.1, 0.15) is 25.5 Å². The van der Waals surface area contributed by atoms with Crippen molar-refractivity contribution in [1.29, 1.82) is 0 Å². The zero-order valence-corrected chi connectivity index (χ0v) is 7.78. The third kappa shape index (κ3) is 1.11. The molecular weight excluding hydrogens is 187 g/mol. The Hall–Kier alpha value is -1.72. The van der Waals surface area contributed by atoms with E-state index in [2.05, 4.69) is 15.3 Å². The third-order valence-corrected chi connectivity index (χ3v) is 1.97. The van der Waals surface area contributed by atoms with Gasteiger partial charge in [0.1, 0.15) is 12.0 Å². The molecule has 2 heterocycles. The van der Waals surface area contributed by atoms with Crippen LogP contribution >= 0.6 is 0 Å². The third-order valence-electron chi connectivity index (χ3n) is 1.97. The fraction of sp³-hybridized carbons (Fsp3) is 0.375. The van der Waals surface area contributed by atoms with E-state index in [-0.39, 0.29) is 17.1 Å². The largest absolute Gasteiger partial charge is 0.293 e. The maximum atomic E-state index is 13.6. The average molecular weight is 196 g/mol. The van der Waals surface area contributed by atoms with E-state index >= 15 is 0 Å². The van der Waals surface area contributed by atoms with E-state index in [9.17, 15) is 9.18 Å². The van der Waals surface area contributed by atoms with Crippen LogP contribution in [0.15, 0.2) is 11.1 Å². The molecule has 0 atom stereocenters. The van der Waals surface area contributed by atoms with Gasteiger partial charge in [0.15, 0.2) is 11.3 Å². The summed E-state index contributed by atoms with van der Waals surface area (Å²) < 4.78 is 14.8. The SMILES string of the molecule is CC(C)c1nn2cn[nH]c(=O)c2c1F. The maximum Gasteiger partial charge on any atom is 0.293 e. The molecule has 74 valence electrons. The Morgan fingerprint density at radius 2 is 2.29 bits per heavy atom. The van der Waals surface area contributed by atoms with Crippen molar-refractivity contribution in [1.82, 2.24) is 19.8 Å². The Morgan fingerprint density at radius 3 is 2.86 bits per heavy atom. The average Bonchev–Trinajstić information content (AvgIpc) is 2.45. The summed E-state index contributed by atoms with van der Waals surface area (Å²) in [4.78, 5) is 11.2. The van der Waals surface area contributed by atoms with Crippen molar-refractivity contribution in [3.63, 3.8) is 0 Å². The second-order valence-electron chi connectivity index (χ2n) is 3.33. The number of hydrogen-bond donors (Lipinski definition) is 1. The van der Waals surface area contributed by atoms with Crippen molar-refractivity contribution in [2.24, 2.45) is 0 Å². The van der Waals surface area contributed by atoms with Crippen LogP contribution in [-0.2, 0) is 0 Å². The van der Waals surface area contributed by atoms with E-state index < -0.39 is 11.4 Å². The standard InChI is InChI=1S/C8H9FN4O/c1-4(2)6-5(9)7-8(14)11-10-3-13(7)12-6/h3-4H,1-2H3,(H,11,14). The van der Waals surface area contributed by atoms with Crippen LogP contribution in [0.25, 0.3) is 5.52 Å². The van der Waals surface area contributed by atoms with Gasteiger partial charge in [-0.15, -0.1) is 0 Å². The highest BCUT2D eigenvalue weighted by Crippen LogP contribution is 2.17. The lowest BCUT2D eigenvalue weighted by Crippen LogP contribution is -2.11. The van der Waals surface area contributed by atoms with Crippen LogP contribution in [0.4, 0.5) is 4.39 Å². The lowest BCUT2D eigenvalue weighted by Gasteiger charge is -1.96. The fourth-order valence-electron chi connectivity index (χ4n) is 1.28. The molecule has 0 fully saturated rings. The van der Waals surface area contributed by atoms with Gasteiger partial charge in [0, 0.05) is 5.92 Å². The first-order chi connectivity index (χ1) is 6.61. The van der Waals surface area contributed by atoms with E-state index in [4.69, 9.17) is 0 Å². The number of halogens is 1. The molecule has 0 unspecified atom stereocenters. The van der Waals surface area contributed by atoms with Gasteiger partial charge in [-0.2, -0.15) is 10.2 Å². The Balaban J connectivity index is 2.88. The van der Waals surface area contributed by atoms with Crippen molar-refractivity contribution in [2.75, 3.05) is 0 Å². The van der Waals surface area contributed by atoms with E-state index in [0.29, 0.717) is 0 Å². The number of fused-ring (bicyclic) bond motifs is 1. The first-order valence-corrected chi connectivity index (χ1v) is 4.22. The highest BCUT2D eigenvalue weighted by molar-refractivity contribution is 5.46. The van der Waals surface area contributed by atoms with Crippen LogP contribution in [0.5, 0.6) is 0 Å². The van der Waals surface area contributed by atoms with Crippen LogP contribution in [-0.4, -0.2) is 19.8 Å². The molecule has 0 spiro atoms. The minimum atomic E-state index is -0.566. The minimum Gasteiger partial charge on any atom is -0.265 e. The molecule has 0 amide bonds. The summed E-state index contributed by atoms with van der Waals surface area (Å²) in [6.45, 7) is 3.62. The molecule has 0 bridgehead atoms. The molecule has 0 aliphatic heterocycles. The second-order valence-corrected chi connectivity index (χ2v) is 3.33. The Labute approximate surface area is 78.6 Å². The lowest BCUT2D eigenvalue weighted by atomic mass is 10.1. The van der Waals surface area contributed by atoms with Crippen molar-refractivity contribution in [3.05, 3.63) is 28.2 Å². The molecular formula is C8H9FN4O. The number of aromatic amines is 1. The smallest absolute Gasteiger partial charge is 0.265 e. The first-order valence-electron chi connectivity index (χ1n) is 4.22. The van der Waals surface area contributed by atoms with E-state index in [1.807, 2.05) is 13.8 Å². The first kappa shape index (κ1) is 8.86. The number of H-pyrrole nitrogens is 1. The number of rotatable bonds is 1. The van der Waals surface area contributed by atoms with Gasteiger partial charge in [-0.25, -0.2) is 14.0 Å². The summed E-state index contributed by atoms with van der Waals surface area (Å²) in [7, 11) is 0. The normalized spacial score (nSPS) is 11.4. The number of nitrogens with zero attached hydrogens (tertiary/aromatic N) is 3. The molecule has 5 nitrogen and oxygen atoms in total. The van der Waals surface area contributed by atoms with Gasteiger partial charge in [-0.1, -0.05) is 13.8 Å². The van der Waals surface area contributed by atoms with Gasteiger partial charge in [0.25, 0.3) is 5.56 Å². The van der Waals surface area contributed by atoms with Gasteiger partial charge in [0.05, 0.1) is 0 Å². The number of aromatic nitrogens is 4. The molecule has 0 aliphatic carbocycles. The predicted octanol–water partition coefficient (Wildman–Crippen LogP) is 0.680. The Kier molecular flexibility index (Phi) is 1.83. The van der Waals surface area contributed by atoms with E-state index in [1.165, 1.54) is 6.33 Å². The molecule has 0 saturated heterocycles. The predicted molar refractivity (Wildman–Crippen MR) is 47.7 cm³/mol. The summed E-state index contributed by atoms with van der Waals surface area (Å²) in [6.07, 6.45) is 1.27. The zero-order valence-electron chi connectivity index (χ0n) is 7.78. The quantitative estimate of drug-likeness (QED) is 0.729. The van der Waals surface area contributed by atoms with Crippen molar-refractivity contribution < 1.29 is 4.39 Å². The van der Waals surface area contributed by atoms with Gasteiger partial charge in [-0.3, -0.25) is 4.79 Å². The molecule has 6 heteroatoms. The van der Waals surface area contributed by atoms with E-state index in [1.54, 1.807) is 0 Å². The van der Waals surface area contributed by atoms with Crippen LogP contribution < -0.4 is 5.56 Å². The molecule has 0 radical (unpaired) electrons. The Bertz CT molecular complexity index is 528. The van der Waals surface area contributed by atoms with Gasteiger partial charge >= 0.3 is 0 Å². The summed E-state index contributed by atoms with van der Waals surface area (Å²) in [5, 5.41) is 9.62. The molecule has 1 N–H and O–H groups in total. The molecule has 2 aromatic rings. The van der Waals surface area contributed by atoms with Crippen LogP contribution in [0, 0.1) is 5.82 Å². The van der Waals surface area contributed by atoms with Crippen molar-refractivity contribution in [2.45, 2.75) is 19.8 Å². The van der Waals surface area contributed by atoms with Crippen LogP contribution in [0.2, 0.25) is 0 Å². The summed E-state index contributed by atoms with van der Waals surface area (Å²) in [5.41, 5.74) is -0.364. The summed E-state index contributed by atoms with van der Waals surface area (Å²) in [5.74, 6) is -0.627. The minimum absolute atomic E-state index is 0.0608. The van der Waals surface area contributed by atoms with E-state index in [0.717, 1.165) is 4.52 Å². The number of hydrogen-bond acceptors (Lipinski definition) is 3. The van der Waals surface area contributed by atoms with Crippen molar-refractivity contribution in [3.8, 4) is 0 Å². The summed E-state index contributed by atoms with van der Waals surface area (Å²) >= 11 is 0. The topological polar surface area (TPSA) is 63.1 Å². The van der Waals surface area contributed by atoms with Gasteiger partial charge < -0.3 is 0 Å². The van der Waals surface area contributed by atoms with Gasteiger partial charge in [0.2, 0.25) is 0 Å². The molecule has 0 aliphatic rings. The molecule has 2 rings (SSSR count). The second kappa shape index (κ2) is 2.90. The number of nitrogens with one attached hydrogen (secondary N) is 1. The van der Waals surface area contributed by atoms with Gasteiger partial charge in [-0.05, 0) is 0 Å². The maximum absolute atomic E-state index is 13.6. The van der Waals surface area contributed by atoms with Crippen LogP contribution in [0.3, 0.4) is 0 Å². The molecule has 2 aromatic heterocycles. The summed E-state index contributed by atoms with van der Waals surface area (Å²) in [6, 6.07) is 0. The highest BCUT2D eigenvalue weighted by atomic mass is 19.1. The zero-order chi connectivity index (χ0) is 10.3. The highest BCUT2D eigenvalue weighted by Gasteiger charge is 2.17. The fourth-order valence-corrected chi connectivity index (χ4v) is 1.28. The van der Waals surface area contributed by atoms with Crippen molar-refractivity contribution >= 4 is 5.52 Å². The molecule has 14 heavy (non-hydrogen) atoms. The lowest BCUT2D eigenvalue weighted by molar-refractivity contribution is 0.604. The molecule has 0 aromatic carbocycles.